The second-order valence-corrected chi connectivity index (χ2v) is 6.13. The number of nitrogens with zero attached hydrogens (tertiary/aromatic N) is 3. The molecular formula is C16H19N5O3. The fourth-order valence-electron chi connectivity index (χ4n) is 3.58. The van der Waals surface area contributed by atoms with Crippen LogP contribution < -0.4 is 5.69 Å². The van der Waals surface area contributed by atoms with Gasteiger partial charge < -0.3 is 19.6 Å². The average Bonchev–Trinajstić information content (AvgIpc) is 3.18. The summed E-state index contributed by atoms with van der Waals surface area (Å²) in [5.41, 5.74) is 2.15. The Morgan fingerprint density at radius 1 is 1.50 bits per heavy atom. The largest absolute Gasteiger partial charge is 0.375 e. The maximum Gasteiger partial charge on any atom is 0.326 e. The summed E-state index contributed by atoms with van der Waals surface area (Å²) >= 11 is 0. The molecule has 1 saturated heterocycles. The number of aromatic amines is 2. The summed E-state index contributed by atoms with van der Waals surface area (Å²) < 4.78 is 6.72. The Kier molecular flexibility index (Phi) is 3.61. The number of rotatable bonds is 3. The van der Waals surface area contributed by atoms with Gasteiger partial charge in [-0.15, -0.1) is 0 Å². The molecule has 3 aromatic heterocycles. The molecule has 3 aromatic rings. The molecule has 24 heavy (non-hydrogen) atoms. The summed E-state index contributed by atoms with van der Waals surface area (Å²) in [5, 5.41) is 0.909. The van der Waals surface area contributed by atoms with Crippen molar-refractivity contribution < 1.29 is 9.53 Å². The van der Waals surface area contributed by atoms with Gasteiger partial charge in [0.2, 0.25) is 5.91 Å². The molecule has 0 radical (unpaired) electrons. The molecule has 0 spiro atoms. The SMILES string of the molecule is COCC(=O)N1CCC[C@@H](n2c(=O)[nH]c3cnc4[nH]ccc4c32)C1. The molecule has 1 aliphatic rings. The molecule has 1 fully saturated rings. The number of carbonyl (C=O) groups excluding carboxylic acids is 1. The zero-order valence-corrected chi connectivity index (χ0v) is 13.4. The Hall–Kier alpha value is -2.61. The third kappa shape index (κ3) is 2.30. The molecule has 4 rings (SSSR count). The highest BCUT2D eigenvalue weighted by molar-refractivity contribution is 6.00. The number of fused-ring (bicyclic) bond motifs is 3. The van der Waals surface area contributed by atoms with Gasteiger partial charge in [-0.05, 0) is 18.9 Å². The van der Waals surface area contributed by atoms with Crippen molar-refractivity contribution in [1.29, 1.82) is 0 Å². The van der Waals surface area contributed by atoms with Gasteiger partial charge in [-0.3, -0.25) is 9.36 Å². The van der Waals surface area contributed by atoms with Crippen LogP contribution in [0.1, 0.15) is 18.9 Å². The molecule has 0 bridgehead atoms. The maximum absolute atomic E-state index is 12.5. The van der Waals surface area contributed by atoms with Crippen molar-refractivity contribution in [3.63, 3.8) is 0 Å². The summed E-state index contributed by atoms with van der Waals surface area (Å²) in [5.74, 6) is -0.0384. The minimum atomic E-state index is -0.161. The van der Waals surface area contributed by atoms with Gasteiger partial charge in [0, 0.05) is 31.8 Å². The molecule has 4 heterocycles. The summed E-state index contributed by atoms with van der Waals surface area (Å²) in [4.78, 5) is 36.7. The second-order valence-electron chi connectivity index (χ2n) is 6.13. The normalized spacial score (nSPS) is 18.5. The van der Waals surface area contributed by atoms with Crippen molar-refractivity contribution in [2.75, 3.05) is 26.8 Å². The predicted molar refractivity (Wildman–Crippen MR) is 88.9 cm³/mol. The molecule has 126 valence electrons. The molecule has 1 aliphatic heterocycles. The van der Waals surface area contributed by atoms with E-state index >= 15 is 0 Å². The molecule has 1 amide bonds. The Balaban J connectivity index is 1.78. The van der Waals surface area contributed by atoms with E-state index in [0.29, 0.717) is 18.6 Å². The third-order valence-corrected chi connectivity index (χ3v) is 4.64. The van der Waals surface area contributed by atoms with Crippen LogP contribution in [-0.2, 0) is 9.53 Å². The zero-order chi connectivity index (χ0) is 16.7. The number of aromatic nitrogens is 4. The minimum absolute atomic E-state index is 0.0384. The lowest BCUT2D eigenvalue weighted by molar-refractivity contribution is -0.136. The number of H-pyrrole nitrogens is 2. The predicted octanol–water partition coefficient (Wildman–Crippen LogP) is 1.02. The fraction of sp³-hybridized carbons (Fsp3) is 0.438. The zero-order valence-electron chi connectivity index (χ0n) is 13.4. The average molecular weight is 329 g/mol. The van der Waals surface area contributed by atoms with E-state index in [4.69, 9.17) is 4.74 Å². The number of hydrogen-bond acceptors (Lipinski definition) is 4. The van der Waals surface area contributed by atoms with Crippen molar-refractivity contribution in [2.45, 2.75) is 18.9 Å². The number of hydrogen-bond donors (Lipinski definition) is 2. The lowest BCUT2D eigenvalue weighted by atomic mass is 10.0. The number of methoxy groups -OCH3 is 1. The maximum atomic E-state index is 12.5. The van der Waals surface area contributed by atoms with Crippen LogP contribution in [0.2, 0.25) is 0 Å². The number of amides is 1. The van der Waals surface area contributed by atoms with Crippen LogP contribution in [0.3, 0.4) is 0 Å². The Labute approximate surface area is 137 Å². The number of nitrogens with one attached hydrogen (secondary N) is 2. The topological polar surface area (TPSA) is 96.0 Å². The van der Waals surface area contributed by atoms with Crippen molar-refractivity contribution >= 4 is 28.0 Å². The van der Waals surface area contributed by atoms with E-state index in [1.807, 2.05) is 12.3 Å². The molecule has 8 heteroatoms. The summed E-state index contributed by atoms with van der Waals surface area (Å²) in [6.07, 6.45) is 5.20. The van der Waals surface area contributed by atoms with Crippen LogP contribution in [0.15, 0.2) is 23.3 Å². The Bertz CT molecular complexity index is 954. The van der Waals surface area contributed by atoms with Crippen molar-refractivity contribution in [2.24, 2.45) is 0 Å². The highest BCUT2D eigenvalue weighted by Crippen LogP contribution is 2.27. The van der Waals surface area contributed by atoms with Crippen LogP contribution in [0.25, 0.3) is 22.1 Å². The smallest absolute Gasteiger partial charge is 0.326 e. The van der Waals surface area contributed by atoms with Gasteiger partial charge in [0.1, 0.15) is 12.3 Å². The molecule has 0 saturated carbocycles. The summed E-state index contributed by atoms with van der Waals surface area (Å²) in [6, 6.07) is 1.87. The molecule has 0 aliphatic carbocycles. The van der Waals surface area contributed by atoms with E-state index in [1.54, 1.807) is 15.7 Å². The van der Waals surface area contributed by atoms with Gasteiger partial charge in [0.15, 0.2) is 0 Å². The standard InChI is InChI=1S/C16H19N5O3/c1-24-9-13(22)20-6-2-3-10(8-20)21-14-11-4-5-17-15(11)18-7-12(14)19-16(21)23/h4-5,7,10H,2-3,6,8-9H2,1H3,(H,17,18)(H,19,23)/t10-/m1/s1. The molecule has 2 N–H and O–H groups in total. The summed E-state index contributed by atoms with van der Waals surface area (Å²) in [6.45, 7) is 1.29. The molecular weight excluding hydrogens is 310 g/mol. The van der Waals surface area contributed by atoms with E-state index in [9.17, 15) is 9.59 Å². The number of pyridine rings is 1. The lowest BCUT2D eigenvalue weighted by Crippen LogP contribution is -2.43. The second kappa shape index (κ2) is 5.79. The first kappa shape index (κ1) is 14.9. The van der Waals surface area contributed by atoms with Crippen molar-refractivity contribution in [3.8, 4) is 0 Å². The third-order valence-electron chi connectivity index (χ3n) is 4.64. The first-order chi connectivity index (χ1) is 11.7. The van der Waals surface area contributed by atoms with Gasteiger partial charge >= 0.3 is 5.69 Å². The minimum Gasteiger partial charge on any atom is -0.375 e. The fourth-order valence-corrected chi connectivity index (χ4v) is 3.58. The van der Waals surface area contributed by atoms with Gasteiger partial charge in [-0.2, -0.15) is 0 Å². The summed E-state index contributed by atoms with van der Waals surface area (Å²) in [7, 11) is 1.51. The number of ether oxygens (including phenoxy) is 1. The quantitative estimate of drug-likeness (QED) is 0.750. The molecule has 1 atom stereocenters. The van der Waals surface area contributed by atoms with Gasteiger partial charge in [-0.25, -0.2) is 9.78 Å². The lowest BCUT2D eigenvalue weighted by Gasteiger charge is -2.33. The van der Waals surface area contributed by atoms with Crippen LogP contribution in [0.4, 0.5) is 0 Å². The Morgan fingerprint density at radius 2 is 2.38 bits per heavy atom. The van der Waals surface area contributed by atoms with E-state index in [-0.39, 0.29) is 24.2 Å². The van der Waals surface area contributed by atoms with Gasteiger partial charge in [-0.1, -0.05) is 0 Å². The number of carbonyl (C=O) groups is 1. The van der Waals surface area contributed by atoms with Crippen LogP contribution >= 0.6 is 0 Å². The molecule has 8 nitrogen and oxygen atoms in total. The molecule has 0 aromatic carbocycles. The first-order valence-electron chi connectivity index (χ1n) is 8.02. The van der Waals surface area contributed by atoms with Crippen LogP contribution in [0, 0.1) is 0 Å². The van der Waals surface area contributed by atoms with E-state index < -0.39 is 0 Å². The van der Waals surface area contributed by atoms with E-state index in [1.165, 1.54) is 7.11 Å². The molecule has 0 unspecified atom stereocenters. The van der Waals surface area contributed by atoms with Crippen LogP contribution in [0.5, 0.6) is 0 Å². The monoisotopic (exact) mass is 329 g/mol. The van der Waals surface area contributed by atoms with Crippen molar-refractivity contribution in [3.05, 3.63) is 28.9 Å². The first-order valence-corrected chi connectivity index (χ1v) is 8.02. The van der Waals surface area contributed by atoms with E-state index in [0.717, 1.165) is 29.4 Å². The highest BCUT2D eigenvalue weighted by Gasteiger charge is 2.27. The van der Waals surface area contributed by atoms with Crippen LogP contribution in [-0.4, -0.2) is 57.1 Å². The highest BCUT2D eigenvalue weighted by atomic mass is 16.5. The van der Waals surface area contributed by atoms with Crippen molar-refractivity contribution in [1.82, 2.24) is 24.4 Å². The number of piperidine rings is 1. The number of imidazole rings is 1. The van der Waals surface area contributed by atoms with Gasteiger partial charge in [0.05, 0.1) is 23.3 Å². The Morgan fingerprint density at radius 3 is 3.21 bits per heavy atom. The number of likely N-dealkylation sites (tertiary alicyclic amines) is 1. The van der Waals surface area contributed by atoms with Gasteiger partial charge in [0.25, 0.3) is 0 Å². The van der Waals surface area contributed by atoms with E-state index in [2.05, 4.69) is 15.0 Å².